The summed E-state index contributed by atoms with van der Waals surface area (Å²) in [6.07, 6.45) is 1.46. The predicted octanol–water partition coefficient (Wildman–Crippen LogP) is 3.60. The molecule has 1 aromatic heterocycles. The van der Waals surface area contributed by atoms with Crippen LogP contribution < -0.4 is 10.3 Å². The number of pyridine rings is 1. The maximum Gasteiger partial charge on any atom is 0.267 e. The summed E-state index contributed by atoms with van der Waals surface area (Å²) >= 11 is 3.15. The van der Waals surface area contributed by atoms with Crippen LogP contribution in [0.5, 0.6) is 0 Å². The number of hydrogen-bond donors (Lipinski definition) is 1. The third-order valence-electron chi connectivity index (χ3n) is 3.65. The van der Waals surface area contributed by atoms with Gasteiger partial charge in [0, 0.05) is 6.20 Å². The van der Waals surface area contributed by atoms with Crippen LogP contribution in [0.2, 0.25) is 0 Å². The predicted molar refractivity (Wildman–Crippen MR) is 101 cm³/mol. The molecule has 0 saturated heterocycles. The number of halogens is 2. The van der Waals surface area contributed by atoms with E-state index in [1.165, 1.54) is 41.1 Å². The minimum atomic E-state index is -3.81. The average molecular weight is 437 g/mol. The van der Waals surface area contributed by atoms with E-state index in [9.17, 15) is 17.6 Å². The van der Waals surface area contributed by atoms with Crippen molar-refractivity contribution in [3.8, 4) is 0 Å². The molecule has 26 heavy (non-hydrogen) atoms. The van der Waals surface area contributed by atoms with E-state index in [4.69, 9.17) is 0 Å². The summed E-state index contributed by atoms with van der Waals surface area (Å²) < 4.78 is 41.9. The maximum atomic E-state index is 13.3. The molecule has 8 heteroatoms. The fourth-order valence-corrected chi connectivity index (χ4v) is 4.07. The molecule has 134 valence electrons. The third-order valence-corrected chi connectivity index (χ3v) is 5.79. The van der Waals surface area contributed by atoms with Gasteiger partial charge in [-0.3, -0.25) is 9.52 Å². The summed E-state index contributed by atoms with van der Waals surface area (Å²) in [5.41, 5.74) is 0.327. The van der Waals surface area contributed by atoms with E-state index < -0.39 is 15.6 Å². The van der Waals surface area contributed by atoms with Gasteiger partial charge in [-0.15, -0.1) is 0 Å². The SMILES string of the molecule is O=c1c(Br)c(NS(=O)(=O)c2ccccc2)ccn1Cc1cccc(F)c1. The molecule has 0 fully saturated rings. The Morgan fingerprint density at radius 2 is 1.77 bits per heavy atom. The van der Waals surface area contributed by atoms with Crippen molar-refractivity contribution >= 4 is 31.6 Å². The summed E-state index contributed by atoms with van der Waals surface area (Å²) in [4.78, 5) is 12.6. The number of nitrogens with one attached hydrogen (secondary N) is 1. The molecule has 0 aliphatic heterocycles. The molecule has 0 spiro atoms. The molecular formula is C18H14BrFN2O3S. The number of anilines is 1. The van der Waals surface area contributed by atoms with E-state index in [0.29, 0.717) is 5.56 Å². The van der Waals surface area contributed by atoms with Gasteiger partial charge in [0.05, 0.1) is 17.1 Å². The number of hydrogen-bond acceptors (Lipinski definition) is 3. The van der Waals surface area contributed by atoms with Gasteiger partial charge in [0.25, 0.3) is 15.6 Å². The Bertz CT molecular complexity index is 1100. The van der Waals surface area contributed by atoms with Gasteiger partial charge in [0.1, 0.15) is 10.3 Å². The van der Waals surface area contributed by atoms with Gasteiger partial charge < -0.3 is 4.57 Å². The number of rotatable bonds is 5. The van der Waals surface area contributed by atoms with Crippen molar-refractivity contribution in [1.29, 1.82) is 0 Å². The Kier molecular flexibility index (Phi) is 5.24. The molecule has 3 aromatic rings. The second-order valence-corrected chi connectivity index (χ2v) is 8.00. The molecule has 0 aliphatic carbocycles. The van der Waals surface area contributed by atoms with Crippen molar-refractivity contribution in [3.63, 3.8) is 0 Å². The van der Waals surface area contributed by atoms with E-state index in [-0.39, 0.29) is 27.4 Å². The molecule has 0 unspecified atom stereocenters. The number of nitrogens with zero attached hydrogens (tertiary/aromatic N) is 1. The summed E-state index contributed by atoms with van der Waals surface area (Å²) in [5.74, 6) is -0.387. The number of benzene rings is 2. The third kappa shape index (κ3) is 4.03. The molecule has 1 heterocycles. The Labute approximate surface area is 158 Å². The zero-order valence-corrected chi connectivity index (χ0v) is 15.8. The largest absolute Gasteiger partial charge is 0.310 e. The number of sulfonamides is 1. The Morgan fingerprint density at radius 1 is 1.04 bits per heavy atom. The molecule has 0 atom stereocenters. The normalized spacial score (nSPS) is 11.3. The molecule has 5 nitrogen and oxygen atoms in total. The van der Waals surface area contributed by atoms with Crippen LogP contribution in [0.1, 0.15) is 5.56 Å². The van der Waals surface area contributed by atoms with Crippen LogP contribution in [0, 0.1) is 5.82 Å². The lowest BCUT2D eigenvalue weighted by molar-refractivity contribution is 0.601. The first-order valence-corrected chi connectivity index (χ1v) is 9.86. The van der Waals surface area contributed by atoms with Crippen molar-refractivity contribution in [2.45, 2.75) is 11.4 Å². The molecule has 3 rings (SSSR count). The minimum absolute atomic E-state index is 0.0795. The van der Waals surface area contributed by atoms with E-state index >= 15 is 0 Å². The van der Waals surface area contributed by atoms with Crippen molar-refractivity contribution in [2.75, 3.05) is 4.72 Å². The first kappa shape index (κ1) is 18.3. The highest BCUT2D eigenvalue weighted by Gasteiger charge is 2.17. The van der Waals surface area contributed by atoms with E-state index in [0.717, 1.165) is 0 Å². The molecule has 0 saturated carbocycles. The zero-order chi connectivity index (χ0) is 18.7. The van der Waals surface area contributed by atoms with Crippen molar-refractivity contribution in [3.05, 3.63) is 93.1 Å². The highest BCUT2D eigenvalue weighted by Crippen LogP contribution is 2.22. The molecule has 0 radical (unpaired) electrons. The second-order valence-electron chi connectivity index (χ2n) is 5.52. The van der Waals surface area contributed by atoms with Crippen molar-refractivity contribution < 1.29 is 12.8 Å². The van der Waals surface area contributed by atoms with E-state index in [1.54, 1.807) is 30.3 Å². The average Bonchev–Trinajstić information content (AvgIpc) is 2.62. The van der Waals surface area contributed by atoms with Crippen LogP contribution in [0.25, 0.3) is 0 Å². The van der Waals surface area contributed by atoms with Gasteiger partial charge in [0.15, 0.2) is 0 Å². The van der Waals surface area contributed by atoms with Gasteiger partial charge in [-0.05, 0) is 51.8 Å². The second kappa shape index (κ2) is 7.43. The molecule has 0 amide bonds. The first-order chi connectivity index (χ1) is 12.4. The molecule has 0 bridgehead atoms. The fourth-order valence-electron chi connectivity index (χ4n) is 2.39. The molecule has 2 aromatic carbocycles. The summed E-state index contributed by atoms with van der Waals surface area (Å²) in [7, 11) is -3.81. The summed E-state index contributed by atoms with van der Waals surface area (Å²) in [6, 6.07) is 15.3. The monoisotopic (exact) mass is 436 g/mol. The van der Waals surface area contributed by atoms with Crippen LogP contribution >= 0.6 is 15.9 Å². The Hall–Kier alpha value is -2.45. The van der Waals surface area contributed by atoms with Crippen LogP contribution in [-0.4, -0.2) is 13.0 Å². The van der Waals surface area contributed by atoms with Crippen LogP contribution in [0.15, 0.2) is 81.0 Å². The number of aromatic nitrogens is 1. The smallest absolute Gasteiger partial charge is 0.267 e. The highest BCUT2D eigenvalue weighted by atomic mass is 79.9. The lowest BCUT2D eigenvalue weighted by Gasteiger charge is -2.12. The molecule has 1 N–H and O–H groups in total. The van der Waals surface area contributed by atoms with Crippen molar-refractivity contribution in [2.24, 2.45) is 0 Å². The van der Waals surface area contributed by atoms with Gasteiger partial charge >= 0.3 is 0 Å². The highest BCUT2D eigenvalue weighted by molar-refractivity contribution is 9.10. The van der Waals surface area contributed by atoms with E-state index in [2.05, 4.69) is 20.7 Å². The summed E-state index contributed by atoms with van der Waals surface area (Å²) in [6.45, 7) is 0.168. The maximum absolute atomic E-state index is 13.3. The van der Waals surface area contributed by atoms with Crippen molar-refractivity contribution in [1.82, 2.24) is 4.57 Å². The molecule has 0 aliphatic rings. The topological polar surface area (TPSA) is 68.2 Å². The van der Waals surface area contributed by atoms with Crippen LogP contribution in [0.4, 0.5) is 10.1 Å². The quantitative estimate of drug-likeness (QED) is 0.664. The Morgan fingerprint density at radius 3 is 2.46 bits per heavy atom. The Balaban J connectivity index is 1.89. The first-order valence-electron chi connectivity index (χ1n) is 7.58. The standard InChI is InChI=1S/C18H14BrFN2O3S/c19-17-16(21-26(24,25)15-7-2-1-3-8-15)9-10-22(18(17)23)12-13-5-4-6-14(20)11-13/h1-11,21H,12H2. The summed E-state index contributed by atoms with van der Waals surface area (Å²) in [5, 5.41) is 0. The van der Waals surface area contributed by atoms with Crippen LogP contribution in [-0.2, 0) is 16.6 Å². The lowest BCUT2D eigenvalue weighted by atomic mass is 10.2. The fraction of sp³-hybridized carbons (Fsp3) is 0.0556. The lowest BCUT2D eigenvalue weighted by Crippen LogP contribution is -2.23. The van der Waals surface area contributed by atoms with Gasteiger partial charge in [-0.2, -0.15) is 0 Å². The van der Waals surface area contributed by atoms with E-state index in [1.807, 2.05) is 0 Å². The van der Waals surface area contributed by atoms with Gasteiger partial charge in [-0.1, -0.05) is 30.3 Å². The molecular weight excluding hydrogens is 423 g/mol. The minimum Gasteiger partial charge on any atom is -0.310 e. The zero-order valence-electron chi connectivity index (χ0n) is 13.4. The van der Waals surface area contributed by atoms with Gasteiger partial charge in [0.2, 0.25) is 0 Å². The van der Waals surface area contributed by atoms with Gasteiger partial charge in [-0.25, -0.2) is 12.8 Å². The van der Waals surface area contributed by atoms with Crippen LogP contribution in [0.3, 0.4) is 0 Å².